The van der Waals surface area contributed by atoms with Crippen LogP contribution < -0.4 is 0 Å². The van der Waals surface area contributed by atoms with Crippen LogP contribution in [-0.4, -0.2) is 6.29 Å². The van der Waals surface area contributed by atoms with E-state index in [0.717, 1.165) is 25.7 Å². The predicted molar refractivity (Wildman–Crippen MR) is 85.0 cm³/mol. The molecule has 19 heavy (non-hydrogen) atoms. The highest BCUT2D eigenvalue weighted by atomic mass is 16.1. The van der Waals surface area contributed by atoms with Crippen molar-refractivity contribution in [2.75, 3.05) is 0 Å². The molecule has 1 radical (unpaired) electrons. The SMILES string of the molecule is CCC=CCC=CCC=CCCCCCCC[C]=O. The molecule has 0 saturated carbocycles. The molecule has 0 aliphatic carbocycles. The van der Waals surface area contributed by atoms with Crippen LogP contribution in [0.2, 0.25) is 0 Å². The molecular formula is C18H29O. The lowest BCUT2D eigenvalue weighted by molar-refractivity contribution is 0.542. The monoisotopic (exact) mass is 261 g/mol. The summed E-state index contributed by atoms with van der Waals surface area (Å²) in [5.74, 6) is 0. The first-order chi connectivity index (χ1) is 9.41. The van der Waals surface area contributed by atoms with E-state index < -0.39 is 0 Å². The molecule has 0 aromatic heterocycles. The summed E-state index contributed by atoms with van der Waals surface area (Å²) in [6.07, 6.45) is 26.3. The Morgan fingerprint density at radius 2 is 1.32 bits per heavy atom. The minimum absolute atomic E-state index is 0.611. The lowest BCUT2D eigenvalue weighted by Gasteiger charge is -1.96. The second-order valence-corrected chi connectivity index (χ2v) is 4.74. The number of allylic oxidation sites excluding steroid dienone is 6. The molecule has 0 aromatic carbocycles. The van der Waals surface area contributed by atoms with Gasteiger partial charge in [0.1, 0.15) is 0 Å². The van der Waals surface area contributed by atoms with Gasteiger partial charge in [0, 0.05) is 6.42 Å². The molecule has 1 nitrogen and oxygen atoms in total. The maximum Gasteiger partial charge on any atom is 0.198 e. The van der Waals surface area contributed by atoms with Crippen LogP contribution in [0.5, 0.6) is 0 Å². The third-order valence-electron chi connectivity index (χ3n) is 2.93. The van der Waals surface area contributed by atoms with Crippen molar-refractivity contribution in [2.45, 2.75) is 71.1 Å². The number of carbonyl (C=O) groups excluding carboxylic acids is 1. The molecule has 0 unspecified atom stereocenters. The smallest absolute Gasteiger partial charge is 0.198 e. The Bertz CT molecular complexity index is 261. The van der Waals surface area contributed by atoms with Crippen LogP contribution in [0.25, 0.3) is 0 Å². The van der Waals surface area contributed by atoms with Gasteiger partial charge < -0.3 is 0 Å². The zero-order valence-electron chi connectivity index (χ0n) is 12.4. The van der Waals surface area contributed by atoms with Crippen molar-refractivity contribution >= 4 is 6.29 Å². The van der Waals surface area contributed by atoms with Crippen molar-refractivity contribution in [3.05, 3.63) is 36.5 Å². The lowest BCUT2D eigenvalue weighted by atomic mass is 10.1. The van der Waals surface area contributed by atoms with Crippen molar-refractivity contribution in [3.63, 3.8) is 0 Å². The van der Waals surface area contributed by atoms with Gasteiger partial charge in [-0.2, -0.15) is 0 Å². The Morgan fingerprint density at radius 1 is 0.737 bits per heavy atom. The van der Waals surface area contributed by atoms with Crippen molar-refractivity contribution in [2.24, 2.45) is 0 Å². The van der Waals surface area contributed by atoms with Gasteiger partial charge in [0.2, 0.25) is 0 Å². The van der Waals surface area contributed by atoms with Crippen LogP contribution in [0.3, 0.4) is 0 Å². The fraction of sp³-hybridized carbons (Fsp3) is 0.611. The zero-order chi connectivity index (χ0) is 14.0. The third kappa shape index (κ3) is 16.9. The molecule has 0 atom stereocenters. The van der Waals surface area contributed by atoms with E-state index in [1.807, 2.05) is 6.29 Å². The second kappa shape index (κ2) is 16.9. The highest BCUT2D eigenvalue weighted by molar-refractivity contribution is 5.50. The Labute approximate surface area is 119 Å². The number of hydrogen-bond donors (Lipinski definition) is 0. The molecule has 107 valence electrons. The predicted octanol–water partition coefficient (Wildman–Crippen LogP) is 5.69. The average molecular weight is 261 g/mol. The molecule has 0 fully saturated rings. The van der Waals surface area contributed by atoms with Gasteiger partial charge in [-0.15, -0.1) is 0 Å². The Hall–Kier alpha value is -1.11. The standard InChI is InChI=1S/C18H29O/c1-2-3-4-5-6-7-8-9-10-11-12-13-14-15-16-17-18-19/h3-4,6-7,9-10H,2,5,8,11-17H2,1H3. The maximum atomic E-state index is 10.00. The molecular weight excluding hydrogens is 232 g/mol. The van der Waals surface area contributed by atoms with Crippen LogP contribution in [0, 0.1) is 0 Å². The summed E-state index contributed by atoms with van der Waals surface area (Å²) in [5.41, 5.74) is 0. The second-order valence-electron chi connectivity index (χ2n) is 4.74. The summed E-state index contributed by atoms with van der Waals surface area (Å²) in [6.45, 7) is 2.16. The van der Waals surface area contributed by atoms with Crippen molar-refractivity contribution in [1.29, 1.82) is 0 Å². The quantitative estimate of drug-likeness (QED) is 0.307. The number of rotatable bonds is 13. The summed E-state index contributed by atoms with van der Waals surface area (Å²) in [6, 6.07) is 0. The average Bonchev–Trinajstić information content (AvgIpc) is 2.43. The Balaban J connectivity index is 3.21. The molecule has 0 N–H and O–H groups in total. The first kappa shape index (κ1) is 17.9. The fourth-order valence-electron chi connectivity index (χ4n) is 1.82. The van der Waals surface area contributed by atoms with Gasteiger partial charge in [0.15, 0.2) is 6.29 Å². The summed E-state index contributed by atoms with van der Waals surface area (Å²) in [5, 5.41) is 0. The fourth-order valence-corrected chi connectivity index (χ4v) is 1.82. The molecule has 0 aromatic rings. The molecule has 0 rings (SSSR count). The minimum Gasteiger partial charge on any atom is -0.291 e. The lowest BCUT2D eigenvalue weighted by Crippen LogP contribution is -1.80. The van der Waals surface area contributed by atoms with Crippen LogP contribution >= 0.6 is 0 Å². The van der Waals surface area contributed by atoms with Gasteiger partial charge in [0.25, 0.3) is 0 Å². The molecule has 0 heterocycles. The summed E-state index contributed by atoms with van der Waals surface area (Å²) in [7, 11) is 0. The molecule has 0 amide bonds. The molecule has 0 spiro atoms. The van der Waals surface area contributed by atoms with E-state index in [1.54, 1.807) is 0 Å². The van der Waals surface area contributed by atoms with E-state index in [2.05, 4.69) is 43.4 Å². The van der Waals surface area contributed by atoms with E-state index in [1.165, 1.54) is 32.1 Å². The van der Waals surface area contributed by atoms with Gasteiger partial charge in [-0.05, 0) is 38.5 Å². The molecule has 1 heteroatoms. The third-order valence-corrected chi connectivity index (χ3v) is 2.93. The van der Waals surface area contributed by atoms with Crippen molar-refractivity contribution in [1.82, 2.24) is 0 Å². The Kier molecular flexibility index (Phi) is 15.9. The molecule has 0 aliphatic rings. The number of unbranched alkanes of at least 4 members (excludes halogenated alkanes) is 6. The molecule has 0 saturated heterocycles. The largest absolute Gasteiger partial charge is 0.291 e. The molecule has 0 aliphatic heterocycles. The van der Waals surface area contributed by atoms with Gasteiger partial charge in [-0.1, -0.05) is 62.6 Å². The van der Waals surface area contributed by atoms with Crippen LogP contribution in [0.15, 0.2) is 36.5 Å². The summed E-state index contributed by atoms with van der Waals surface area (Å²) in [4.78, 5) is 10.00. The maximum absolute atomic E-state index is 10.00. The topological polar surface area (TPSA) is 17.1 Å². The normalized spacial score (nSPS) is 12.1. The zero-order valence-corrected chi connectivity index (χ0v) is 12.4. The van der Waals surface area contributed by atoms with Gasteiger partial charge >= 0.3 is 0 Å². The van der Waals surface area contributed by atoms with Gasteiger partial charge in [0.05, 0.1) is 0 Å². The number of hydrogen-bond acceptors (Lipinski definition) is 1. The van der Waals surface area contributed by atoms with E-state index in [0.29, 0.717) is 6.42 Å². The van der Waals surface area contributed by atoms with E-state index in [-0.39, 0.29) is 0 Å². The first-order valence-electron chi connectivity index (χ1n) is 7.71. The first-order valence-corrected chi connectivity index (χ1v) is 7.71. The van der Waals surface area contributed by atoms with Gasteiger partial charge in [-0.25, -0.2) is 0 Å². The van der Waals surface area contributed by atoms with Crippen molar-refractivity contribution in [3.8, 4) is 0 Å². The van der Waals surface area contributed by atoms with Crippen LogP contribution in [0.1, 0.15) is 71.1 Å². The highest BCUT2D eigenvalue weighted by Crippen LogP contribution is 2.07. The Morgan fingerprint density at radius 3 is 2.00 bits per heavy atom. The highest BCUT2D eigenvalue weighted by Gasteiger charge is 1.89. The van der Waals surface area contributed by atoms with E-state index in [4.69, 9.17) is 0 Å². The van der Waals surface area contributed by atoms with E-state index >= 15 is 0 Å². The minimum atomic E-state index is 0.611. The van der Waals surface area contributed by atoms with Crippen LogP contribution in [0.4, 0.5) is 0 Å². The molecule has 0 bridgehead atoms. The van der Waals surface area contributed by atoms with Gasteiger partial charge in [-0.3, -0.25) is 4.79 Å². The van der Waals surface area contributed by atoms with Crippen molar-refractivity contribution < 1.29 is 4.79 Å². The summed E-state index contributed by atoms with van der Waals surface area (Å²) < 4.78 is 0. The van der Waals surface area contributed by atoms with E-state index in [9.17, 15) is 4.79 Å². The van der Waals surface area contributed by atoms with Crippen LogP contribution in [-0.2, 0) is 4.79 Å². The summed E-state index contributed by atoms with van der Waals surface area (Å²) >= 11 is 0.